The number of aromatic amines is 1. The summed E-state index contributed by atoms with van der Waals surface area (Å²) in [6.07, 6.45) is 1.45. The Labute approximate surface area is 177 Å². The van der Waals surface area contributed by atoms with E-state index in [0.717, 1.165) is 16.6 Å². The van der Waals surface area contributed by atoms with Crippen LogP contribution in [-0.4, -0.2) is 33.2 Å². The Kier molecular flexibility index (Phi) is 5.70. The minimum Gasteiger partial charge on any atom is -0.478 e. The van der Waals surface area contributed by atoms with Gasteiger partial charge in [-0.2, -0.15) is 5.10 Å². The normalized spacial score (nSPS) is 11.0. The second kappa shape index (κ2) is 8.91. The number of nitrogens with zero attached hydrogens (tertiary/aromatic N) is 2. The third-order valence-corrected chi connectivity index (χ3v) is 4.60. The van der Waals surface area contributed by atoms with E-state index >= 15 is 0 Å². The summed E-state index contributed by atoms with van der Waals surface area (Å²) < 4.78 is 0. The highest BCUT2D eigenvalue weighted by molar-refractivity contribution is 5.95. The van der Waals surface area contributed by atoms with Gasteiger partial charge in [0.15, 0.2) is 0 Å². The highest BCUT2D eigenvalue weighted by atomic mass is 16.4. The Morgan fingerprint density at radius 2 is 1.68 bits per heavy atom. The maximum Gasteiger partial charge on any atom is 0.335 e. The minimum atomic E-state index is -0.993. The number of aromatic nitrogens is 2. The number of carboxylic acids is 1. The predicted octanol–water partition coefficient (Wildman–Crippen LogP) is 3.64. The second-order valence-corrected chi connectivity index (χ2v) is 6.78. The van der Waals surface area contributed by atoms with E-state index < -0.39 is 5.97 Å². The van der Waals surface area contributed by atoms with E-state index in [2.05, 4.69) is 25.8 Å². The summed E-state index contributed by atoms with van der Waals surface area (Å²) in [4.78, 5) is 30.8. The lowest BCUT2D eigenvalue weighted by molar-refractivity contribution is 0.0696. The van der Waals surface area contributed by atoms with Gasteiger partial charge in [-0.15, -0.1) is 0 Å². The molecule has 1 heterocycles. The number of anilines is 1. The number of hydrogen-bond acceptors (Lipinski definition) is 5. The summed E-state index contributed by atoms with van der Waals surface area (Å²) in [6, 6.07) is 21.1. The van der Waals surface area contributed by atoms with Crippen molar-refractivity contribution in [3.8, 4) is 0 Å². The summed E-state index contributed by atoms with van der Waals surface area (Å²) in [5.74, 6) is -0.642. The number of carbonyl (C=O) groups is 2. The van der Waals surface area contributed by atoms with Gasteiger partial charge in [-0.1, -0.05) is 36.4 Å². The molecule has 4 aromatic rings. The lowest BCUT2D eigenvalue weighted by atomic mass is 10.1. The molecular weight excluding hydrogens is 394 g/mol. The molecule has 0 saturated carbocycles. The number of para-hydroxylation sites is 2. The third kappa shape index (κ3) is 4.94. The van der Waals surface area contributed by atoms with Gasteiger partial charge in [-0.25, -0.2) is 15.2 Å². The number of fused-ring (bicyclic) bond motifs is 1. The van der Waals surface area contributed by atoms with Gasteiger partial charge < -0.3 is 15.4 Å². The zero-order chi connectivity index (χ0) is 21.6. The number of nitrogens with one attached hydrogen (secondary N) is 3. The number of benzene rings is 3. The van der Waals surface area contributed by atoms with E-state index in [0.29, 0.717) is 23.6 Å². The van der Waals surface area contributed by atoms with Crippen LogP contribution in [0.4, 0.5) is 5.95 Å². The van der Waals surface area contributed by atoms with Crippen molar-refractivity contribution in [2.24, 2.45) is 5.10 Å². The van der Waals surface area contributed by atoms with Crippen LogP contribution in [0.5, 0.6) is 0 Å². The first-order valence-corrected chi connectivity index (χ1v) is 9.53. The second-order valence-electron chi connectivity index (χ2n) is 6.78. The Morgan fingerprint density at radius 3 is 2.39 bits per heavy atom. The van der Waals surface area contributed by atoms with Gasteiger partial charge in [0.25, 0.3) is 5.91 Å². The number of hydrazone groups is 1. The average molecular weight is 413 g/mol. The Hall–Kier alpha value is -4.46. The smallest absolute Gasteiger partial charge is 0.335 e. The van der Waals surface area contributed by atoms with E-state index in [-0.39, 0.29) is 11.5 Å². The van der Waals surface area contributed by atoms with E-state index in [1.165, 1.54) is 18.3 Å². The van der Waals surface area contributed by atoms with Crippen molar-refractivity contribution in [1.82, 2.24) is 15.4 Å². The maximum atomic E-state index is 12.2. The van der Waals surface area contributed by atoms with E-state index in [1.54, 1.807) is 24.3 Å². The topological polar surface area (TPSA) is 119 Å². The summed E-state index contributed by atoms with van der Waals surface area (Å²) >= 11 is 0. The Morgan fingerprint density at radius 1 is 0.968 bits per heavy atom. The largest absolute Gasteiger partial charge is 0.478 e. The fourth-order valence-corrected chi connectivity index (χ4v) is 2.94. The number of carbonyl (C=O) groups excluding carboxylic acids is 1. The van der Waals surface area contributed by atoms with Gasteiger partial charge in [0.05, 0.1) is 22.8 Å². The highest BCUT2D eigenvalue weighted by Gasteiger charge is 2.06. The van der Waals surface area contributed by atoms with Gasteiger partial charge in [0, 0.05) is 12.1 Å². The van der Waals surface area contributed by atoms with Crippen LogP contribution in [0, 0.1) is 0 Å². The fraction of sp³-hybridized carbons (Fsp3) is 0.0435. The lowest BCUT2D eigenvalue weighted by Crippen LogP contribution is -2.17. The molecule has 4 N–H and O–H groups in total. The van der Waals surface area contributed by atoms with Crippen molar-refractivity contribution in [1.29, 1.82) is 0 Å². The minimum absolute atomic E-state index is 0.191. The molecule has 31 heavy (non-hydrogen) atoms. The molecule has 0 aliphatic rings. The third-order valence-electron chi connectivity index (χ3n) is 4.60. The molecular formula is C23H19N5O3. The molecule has 1 aromatic heterocycles. The number of H-pyrrole nitrogens is 1. The van der Waals surface area contributed by atoms with Crippen molar-refractivity contribution in [3.63, 3.8) is 0 Å². The molecule has 0 radical (unpaired) electrons. The van der Waals surface area contributed by atoms with Crippen LogP contribution in [0.25, 0.3) is 11.0 Å². The molecule has 0 aliphatic carbocycles. The van der Waals surface area contributed by atoms with E-state index in [9.17, 15) is 9.59 Å². The number of rotatable bonds is 7. The number of hydrogen-bond donors (Lipinski definition) is 4. The molecule has 0 spiro atoms. The van der Waals surface area contributed by atoms with Gasteiger partial charge >= 0.3 is 5.97 Å². The molecule has 0 bridgehead atoms. The van der Waals surface area contributed by atoms with Crippen LogP contribution in [0.1, 0.15) is 31.8 Å². The van der Waals surface area contributed by atoms with Gasteiger partial charge in [-0.05, 0) is 47.5 Å². The molecule has 1 amide bonds. The highest BCUT2D eigenvalue weighted by Crippen LogP contribution is 2.14. The summed E-state index contributed by atoms with van der Waals surface area (Å²) in [5, 5.41) is 16.0. The monoisotopic (exact) mass is 413 g/mol. The van der Waals surface area contributed by atoms with Crippen LogP contribution in [0.3, 0.4) is 0 Å². The predicted molar refractivity (Wildman–Crippen MR) is 118 cm³/mol. The average Bonchev–Trinajstić information content (AvgIpc) is 3.21. The van der Waals surface area contributed by atoms with Crippen molar-refractivity contribution in [2.45, 2.75) is 6.54 Å². The summed E-state index contributed by atoms with van der Waals surface area (Å²) in [7, 11) is 0. The number of carboxylic acid groups (broad SMARTS) is 1. The molecule has 0 saturated heterocycles. The first-order valence-electron chi connectivity index (χ1n) is 9.53. The first-order chi connectivity index (χ1) is 15.1. The van der Waals surface area contributed by atoms with Crippen LogP contribution < -0.4 is 10.7 Å². The molecule has 0 unspecified atom stereocenters. The van der Waals surface area contributed by atoms with Crippen molar-refractivity contribution in [3.05, 3.63) is 95.1 Å². The fourth-order valence-electron chi connectivity index (χ4n) is 2.94. The summed E-state index contributed by atoms with van der Waals surface area (Å²) in [5.41, 5.74) is 6.67. The molecule has 154 valence electrons. The molecule has 8 nitrogen and oxygen atoms in total. The van der Waals surface area contributed by atoms with Crippen LogP contribution in [0.15, 0.2) is 77.9 Å². The lowest BCUT2D eigenvalue weighted by Gasteiger charge is -2.05. The summed E-state index contributed by atoms with van der Waals surface area (Å²) in [6.45, 7) is 0.562. The molecule has 4 rings (SSSR count). The Balaban J connectivity index is 1.30. The number of aromatic carboxylic acids is 1. The molecule has 0 atom stereocenters. The molecule has 0 fully saturated rings. The first kappa shape index (κ1) is 19.8. The molecule has 0 aliphatic heterocycles. The number of amides is 1. The van der Waals surface area contributed by atoms with Crippen LogP contribution >= 0.6 is 0 Å². The van der Waals surface area contributed by atoms with Gasteiger partial charge in [0.1, 0.15) is 0 Å². The van der Waals surface area contributed by atoms with Crippen LogP contribution in [0.2, 0.25) is 0 Å². The quantitative estimate of drug-likeness (QED) is 0.272. The van der Waals surface area contributed by atoms with Crippen molar-refractivity contribution < 1.29 is 14.7 Å². The van der Waals surface area contributed by atoms with Crippen molar-refractivity contribution in [2.75, 3.05) is 5.32 Å². The molecule has 8 heteroatoms. The zero-order valence-corrected chi connectivity index (χ0v) is 16.4. The van der Waals surface area contributed by atoms with Gasteiger partial charge in [0.2, 0.25) is 5.95 Å². The van der Waals surface area contributed by atoms with Gasteiger partial charge in [-0.3, -0.25) is 4.79 Å². The van der Waals surface area contributed by atoms with Crippen molar-refractivity contribution >= 4 is 35.1 Å². The SMILES string of the molecule is O=C(O)c1ccc(/C=N/NC(=O)c2ccc(CNc3nc4ccccc4[nH]3)cc2)cc1. The maximum absolute atomic E-state index is 12.2. The Bertz CT molecular complexity index is 1210. The van der Waals surface area contributed by atoms with Crippen LogP contribution in [-0.2, 0) is 6.54 Å². The standard InChI is InChI=1S/C23H19N5O3/c29-21(28-25-14-16-7-11-18(12-8-16)22(30)31)17-9-5-15(6-10-17)13-24-23-26-19-3-1-2-4-20(19)27-23/h1-12,14H,13H2,(H,28,29)(H,30,31)(H2,24,26,27)/b25-14+. The van der Waals surface area contributed by atoms with E-state index in [1.807, 2.05) is 36.4 Å². The van der Waals surface area contributed by atoms with E-state index in [4.69, 9.17) is 5.11 Å². The zero-order valence-electron chi connectivity index (χ0n) is 16.4. The molecule has 3 aromatic carbocycles. The number of imidazole rings is 1.